The van der Waals surface area contributed by atoms with Crippen LogP contribution in [0.2, 0.25) is 0 Å². The fourth-order valence-corrected chi connectivity index (χ4v) is 2.33. The molecule has 3 N–H and O–H groups in total. The molecule has 0 bridgehead atoms. The van der Waals surface area contributed by atoms with Crippen molar-refractivity contribution in [2.24, 2.45) is 7.05 Å². The summed E-state index contributed by atoms with van der Waals surface area (Å²) in [6.07, 6.45) is 1.65. The van der Waals surface area contributed by atoms with Crippen LogP contribution in [-0.2, 0) is 18.3 Å². The SMILES string of the molecule is Cc1nn(C)c(C)c1CC(=O)Nc1c[nH]c(C)c1C(=O)O. The average Bonchev–Trinajstić information content (AvgIpc) is 2.85. The van der Waals surface area contributed by atoms with E-state index in [0.717, 1.165) is 17.0 Å². The highest BCUT2D eigenvalue weighted by Gasteiger charge is 2.19. The molecule has 7 heteroatoms. The van der Waals surface area contributed by atoms with E-state index in [0.29, 0.717) is 5.69 Å². The van der Waals surface area contributed by atoms with E-state index in [1.807, 2.05) is 20.9 Å². The van der Waals surface area contributed by atoms with Crippen molar-refractivity contribution in [2.75, 3.05) is 5.32 Å². The molecule has 2 heterocycles. The van der Waals surface area contributed by atoms with Gasteiger partial charge in [-0.25, -0.2) is 4.79 Å². The number of anilines is 1. The van der Waals surface area contributed by atoms with E-state index in [1.54, 1.807) is 11.6 Å². The first-order chi connectivity index (χ1) is 9.81. The summed E-state index contributed by atoms with van der Waals surface area (Å²) in [4.78, 5) is 26.1. The van der Waals surface area contributed by atoms with Crippen LogP contribution in [0, 0.1) is 20.8 Å². The molecule has 0 spiro atoms. The predicted octanol–water partition coefficient (Wildman–Crippen LogP) is 1.55. The van der Waals surface area contributed by atoms with Gasteiger partial charge in [-0.3, -0.25) is 9.48 Å². The zero-order chi connectivity index (χ0) is 15.7. The standard InChI is InChI=1S/C14H18N4O3/c1-7-10(9(3)18(4)17-7)5-12(19)16-11-6-15-8(2)13(11)14(20)21/h6,15H,5H2,1-4H3,(H,16,19)(H,20,21). The van der Waals surface area contributed by atoms with Gasteiger partial charge in [-0.2, -0.15) is 5.10 Å². The molecule has 0 aliphatic rings. The van der Waals surface area contributed by atoms with E-state index in [2.05, 4.69) is 15.4 Å². The minimum atomic E-state index is -1.07. The molecule has 0 aromatic carbocycles. The number of aromatic amines is 1. The van der Waals surface area contributed by atoms with Crippen molar-refractivity contribution in [3.05, 3.63) is 34.4 Å². The molecule has 7 nitrogen and oxygen atoms in total. The molecule has 112 valence electrons. The van der Waals surface area contributed by atoms with Gasteiger partial charge >= 0.3 is 5.97 Å². The van der Waals surface area contributed by atoms with Gasteiger partial charge in [0.1, 0.15) is 5.56 Å². The Morgan fingerprint density at radius 1 is 1.38 bits per heavy atom. The summed E-state index contributed by atoms with van der Waals surface area (Å²) in [6.45, 7) is 5.39. The number of nitrogens with zero attached hydrogens (tertiary/aromatic N) is 2. The summed E-state index contributed by atoms with van der Waals surface area (Å²) in [7, 11) is 1.82. The van der Waals surface area contributed by atoms with Gasteiger partial charge in [0, 0.05) is 30.2 Å². The minimum Gasteiger partial charge on any atom is -0.478 e. The summed E-state index contributed by atoms with van der Waals surface area (Å²) < 4.78 is 1.72. The second kappa shape index (κ2) is 5.43. The van der Waals surface area contributed by atoms with Gasteiger partial charge in [-0.1, -0.05) is 0 Å². The molecule has 2 rings (SSSR count). The first-order valence-electron chi connectivity index (χ1n) is 6.51. The highest BCUT2D eigenvalue weighted by Crippen LogP contribution is 2.20. The molecule has 21 heavy (non-hydrogen) atoms. The highest BCUT2D eigenvalue weighted by molar-refractivity contribution is 6.02. The predicted molar refractivity (Wildman–Crippen MR) is 77.5 cm³/mol. The molecule has 0 aliphatic heterocycles. The lowest BCUT2D eigenvalue weighted by Gasteiger charge is -2.05. The van der Waals surface area contributed by atoms with Gasteiger partial charge < -0.3 is 15.4 Å². The number of rotatable bonds is 4. The van der Waals surface area contributed by atoms with Gasteiger partial charge in [-0.05, 0) is 20.8 Å². The highest BCUT2D eigenvalue weighted by atomic mass is 16.4. The number of H-pyrrole nitrogens is 1. The number of aromatic carboxylic acids is 1. The lowest BCUT2D eigenvalue weighted by molar-refractivity contribution is -0.115. The van der Waals surface area contributed by atoms with Crippen molar-refractivity contribution in [3.63, 3.8) is 0 Å². The number of carbonyl (C=O) groups excluding carboxylic acids is 1. The van der Waals surface area contributed by atoms with E-state index in [4.69, 9.17) is 5.11 Å². The third kappa shape index (κ3) is 2.81. The molecule has 2 aromatic rings. The molecule has 0 saturated heterocycles. The molecule has 0 saturated carbocycles. The van der Waals surface area contributed by atoms with E-state index in [-0.39, 0.29) is 23.6 Å². The number of aromatic nitrogens is 3. The molecule has 0 fully saturated rings. The Morgan fingerprint density at radius 2 is 2.05 bits per heavy atom. The van der Waals surface area contributed by atoms with Crippen LogP contribution in [0.25, 0.3) is 0 Å². The summed E-state index contributed by atoms with van der Waals surface area (Å²) in [5.41, 5.74) is 3.46. The summed E-state index contributed by atoms with van der Waals surface area (Å²) in [5, 5.41) is 16.0. The van der Waals surface area contributed by atoms with Gasteiger partial charge in [0.2, 0.25) is 5.91 Å². The molecule has 0 atom stereocenters. The number of nitrogens with one attached hydrogen (secondary N) is 2. The largest absolute Gasteiger partial charge is 0.478 e. The fourth-order valence-electron chi connectivity index (χ4n) is 2.33. The third-order valence-electron chi connectivity index (χ3n) is 3.56. The summed E-state index contributed by atoms with van der Waals surface area (Å²) in [5.74, 6) is -1.34. The van der Waals surface area contributed by atoms with Crippen molar-refractivity contribution in [1.82, 2.24) is 14.8 Å². The Kier molecular flexibility index (Phi) is 3.84. The Hall–Kier alpha value is -2.57. The van der Waals surface area contributed by atoms with Crippen molar-refractivity contribution in [1.29, 1.82) is 0 Å². The molecule has 1 amide bonds. The number of hydrogen-bond donors (Lipinski definition) is 3. The number of carboxylic acid groups (broad SMARTS) is 1. The molecule has 0 unspecified atom stereocenters. The zero-order valence-corrected chi connectivity index (χ0v) is 12.4. The van der Waals surface area contributed by atoms with Crippen LogP contribution in [0.5, 0.6) is 0 Å². The Bertz CT molecular complexity index is 712. The van der Waals surface area contributed by atoms with Crippen LogP contribution >= 0.6 is 0 Å². The van der Waals surface area contributed by atoms with Crippen LogP contribution in [0.3, 0.4) is 0 Å². The topological polar surface area (TPSA) is 100 Å². The maximum Gasteiger partial charge on any atom is 0.339 e. The maximum absolute atomic E-state index is 12.1. The fraction of sp³-hybridized carbons (Fsp3) is 0.357. The van der Waals surface area contributed by atoms with Gasteiger partial charge in [-0.15, -0.1) is 0 Å². The van der Waals surface area contributed by atoms with Crippen molar-refractivity contribution < 1.29 is 14.7 Å². The lowest BCUT2D eigenvalue weighted by Crippen LogP contribution is -2.17. The number of hydrogen-bond acceptors (Lipinski definition) is 3. The average molecular weight is 290 g/mol. The molecule has 0 aliphatic carbocycles. The van der Waals surface area contributed by atoms with Crippen molar-refractivity contribution in [3.8, 4) is 0 Å². The molecule has 0 radical (unpaired) electrons. The zero-order valence-electron chi connectivity index (χ0n) is 12.4. The van der Waals surface area contributed by atoms with E-state index in [9.17, 15) is 9.59 Å². The van der Waals surface area contributed by atoms with E-state index >= 15 is 0 Å². The Morgan fingerprint density at radius 3 is 2.57 bits per heavy atom. The third-order valence-corrected chi connectivity index (χ3v) is 3.56. The lowest BCUT2D eigenvalue weighted by atomic mass is 10.1. The first kappa shape index (κ1) is 14.8. The van der Waals surface area contributed by atoms with Gasteiger partial charge in [0.25, 0.3) is 0 Å². The molecular weight excluding hydrogens is 272 g/mol. The quantitative estimate of drug-likeness (QED) is 0.795. The van der Waals surface area contributed by atoms with Crippen molar-refractivity contribution in [2.45, 2.75) is 27.2 Å². The molecule has 2 aromatic heterocycles. The molecular formula is C14H18N4O3. The Balaban J connectivity index is 2.18. The van der Waals surface area contributed by atoms with Gasteiger partial charge in [0.15, 0.2) is 0 Å². The second-order valence-electron chi connectivity index (χ2n) is 5.01. The van der Waals surface area contributed by atoms with Crippen LogP contribution < -0.4 is 5.32 Å². The summed E-state index contributed by atoms with van der Waals surface area (Å²) in [6, 6.07) is 0. The van der Waals surface area contributed by atoms with Gasteiger partial charge in [0.05, 0.1) is 17.8 Å². The monoisotopic (exact) mass is 290 g/mol. The van der Waals surface area contributed by atoms with Crippen LogP contribution in [0.15, 0.2) is 6.20 Å². The van der Waals surface area contributed by atoms with E-state index in [1.165, 1.54) is 6.20 Å². The minimum absolute atomic E-state index is 0.0861. The van der Waals surface area contributed by atoms with Crippen LogP contribution in [0.4, 0.5) is 5.69 Å². The number of carbonyl (C=O) groups is 2. The summed E-state index contributed by atoms with van der Waals surface area (Å²) >= 11 is 0. The second-order valence-corrected chi connectivity index (χ2v) is 5.01. The van der Waals surface area contributed by atoms with Crippen LogP contribution in [-0.4, -0.2) is 31.7 Å². The Labute approximate surface area is 122 Å². The maximum atomic E-state index is 12.1. The number of amides is 1. The van der Waals surface area contributed by atoms with E-state index < -0.39 is 5.97 Å². The number of carboxylic acids is 1. The first-order valence-corrected chi connectivity index (χ1v) is 6.51. The number of aryl methyl sites for hydroxylation is 3. The van der Waals surface area contributed by atoms with Crippen LogP contribution in [0.1, 0.15) is 33.0 Å². The smallest absolute Gasteiger partial charge is 0.339 e. The van der Waals surface area contributed by atoms with Crippen molar-refractivity contribution >= 4 is 17.6 Å². The normalized spacial score (nSPS) is 10.7.